The molecule has 0 spiro atoms. The molecule has 3 aromatic carbocycles. The van der Waals surface area contributed by atoms with Crippen LogP contribution in [0.3, 0.4) is 0 Å². The number of ether oxygens (including phenoxy) is 1. The second-order valence-corrected chi connectivity index (χ2v) is 7.05. The fourth-order valence-electron chi connectivity index (χ4n) is 3.10. The molecule has 0 heterocycles. The van der Waals surface area contributed by atoms with Crippen LogP contribution in [-0.4, -0.2) is 22.9 Å². The lowest BCUT2D eigenvalue weighted by molar-refractivity contribution is 0.0498. The van der Waals surface area contributed by atoms with Gasteiger partial charge in [0.25, 0.3) is 0 Å². The molecule has 2 N–H and O–H groups in total. The van der Waals surface area contributed by atoms with E-state index in [9.17, 15) is 10.2 Å². The second kappa shape index (κ2) is 10.2. The van der Waals surface area contributed by atoms with Gasteiger partial charge in [-0.15, -0.1) is 0 Å². The summed E-state index contributed by atoms with van der Waals surface area (Å²) in [5.74, 6) is 12.9. The van der Waals surface area contributed by atoms with Gasteiger partial charge in [-0.3, -0.25) is 0 Å². The Morgan fingerprint density at radius 3 is 1.80 bits per heavy atom. The summed E-state index contributed by atoms with van der Waals surface area (Å²) >= 11 is 0. The fourth-order valence-corrected chi connectivity index (χ4v) is 3.10. The molecule has 0 bridgehead atoms. The molecular formula is C27H24O3. The largest absolute Gasteiger partial charge is 0.508 e. The maximum absolute atomic E-state index is 11.4. The number of aromatic hydroxyl groups is 1. The topological polar surface area (TPSA) is 49.7 Å². The van der Waals surface area contributed by atoms with E-state index in [0.717, 1.165) is 11.1 Å². The Hall–Kier alpha value is -3.66. The minimum Gasteiger partial charge on any atom is -0.508 e. The molecule has 150 valence electrons. The van der Waals surface area contributed by atoms with Crippen LogP contribution in [0, 0.1) is 23.7 Å². The summed E-state index contributed by atoms with van der Waals surface area (Å²) in [5, 5.41) is 21.7. The summed E-state index contributed by atoms with van der Waals surface area (Å²) in [7, 11) is 1.54. The van der Waals surface area contributed by atoms with Crippen LogP contribution in [0.4, 0.5) is 0 Å². The Morgan fingerprint density at radius 2 is 1.30 bits per heavy atom. The molecular weight excluding hydrogens is 372 g/mol. The normalized spacial score (nSPS) is 10.3. The van der Waals surface area contributed by atoms with E-state index >= 15 is 0 Å². The van der Waals surface area contributed by atoms with Gasteiger partial charge in [0.1, 0.15) is 11.5 Å². The molecule has 0 saturated carbocycles. The Labute approximate surface area is 178 Å². The monoisotopic (exact) mass is 396 g/mol. The van der Waals surface area contributed by atoms with Crippen LogP contribution in [0.1, 0.15) is 29.5 Å². The van der Waals surface area contributed by atoms with Crippen molar-refractivity contribution in [2.75, 3.05) is 7.11 Å². The van der Waals surface area contributed by atoms with Crippen molar-refractivity contribution in [3.63, 3.8) is 0 Å². The van der Waals surface area contributed by atoms with Crippen molar-refractivity contribution in [1.82, 2.24) is 0 Å². The molecule has 3 rings (SSSR count). The van der Waals surface area contributed by atoms with Gasteiger partial charge in [0.15, 0.2) is 0 Å². The maximum atomic E-state index is 11.4. The van der Waals surface area contributed by atoms with E-state index in [1.807, 2.05) is 60.7 Å². The minimum absolute atomic E-state index is 0.0832. The van der Waals surface area contributed by atoms with E-state index in [0.29, 0.717) is 11.3 Å². The first kappa shape index (κ1) is 21.1. The number of hydrogen-bond donors (Lipinski definition) is 2. The highest BCUT2D eigenvalue weighted by Gasteiger charge is 2.28. The number of rotatable bonds is 5. The highest BCUT2D eigenvalue weighted by atomic mass is 16.5. The molecule has 3 heteroatoms. The molecule has 0 saturated heterocycles. The van der Waals surface area contributed by atoms with Crippen molar-refractivity contribution in [2.45, 2.75) is 24.9 Å². The third kappa shape index (κ3) is 5.92. The van der Waals surface area contributed by atoms with E-state index in [-0.39, 0.29) is 25.0 Å². The van der Waals surface area contributed by atoms with Gasteiger partial charge in [-0.25, -0.2) is 0 Å². The predicted octanol–water partition coefficient (Wildman–Crippen LogP) is 4.56. The van der Waals surface area contributed by atoms with Crippen LogP contribution in [0.2, 0.25) is 0 Å². The predicted molar refractivity (Wildman–Crippen MR) is 119 cm³/mol. The molecule has 0 aliphatic heterocycles. The lowest BCUT2D eigenvalue weighted by Crippen LogP contribution is -2.31. The van der Waals surface area contributed by atoms with Gasteiger partial charge in [-0.2, -0.15) is 0 Å². The minimum atomic E-state index is -1.24. The first-order valence-corrected chi connectivity index (χ1v) is 9.75. The first-order chi connectivity index (χ1) is 14.6. The average molecular weight is 396 g/mol. The highest BCUT2D eigenvalue weighted by molar-refractivity contribution is 5.45. The first-order valence-electron chi connectivity index (χ1n) is 9.75. The molecule has 0 aliphatic carbocycles. The molecule has 0 radical (unpaired) electrons. The highest BCUT2D eigenvalue weighted by Crippen LogP contribution is 2.33. The Balaban J connectivity index is 1.86. The van der Waals surface area contributed by atoms with Crippen molar-refractivity contribution < 1.29 is 14.9 Å². The van der Waals surface area contributed by atoms with E-state index in [4.69, 9.17) is 4.74 Å². The van der Waals surface area contributed by atoms with Crippen molar-refractivity contribution >= 4 is 0 Å². The SMILES string of the molecule is COc1cccc(O)c1CC(O)(CC#Cc1ccccc1)CC#Cc1ccccc1. The van der Waals surface area contributed by atoms with Crippen LogP contribution >= 0.6 is 0 Å². The van der Waals surface area contributed by atoms with Crippen molar-refractivity contribution in [3.8, 4) is 35.2 Å². The van der Waals surface area contributed by atoms with Gasteiger partial charge in [-0.1, -0.05) is 66.1 Å². The Morgan fingerprint density at radius 1 is 0.767 bits per heavy atom. The number of phenolic OH excluding ortho intramolecular Hbond substituents is 1. The smallest absolute Gasteiger partial charge is 0.125 e. The molecule has 0 aromatic heterocycles. The zero-order valence-electron chi connectivity index (χ0n) is 16.9. The zero-order chi connectivity index (χ0) is 21.2. The quantitative estimate of drug-likeness (QED) is 0.622. The van der Waals surface area contributed by atoms with Gasteiger partial charge in [0.2, 0.25) is 0 Å². The molecule has 0 fully saturated rings. The molecule has 0 amide bonds. The van der Waals surface area contributed by atoms with Crippen LogP contribution in [0.25, 0.3) is 0 Å². The fraction of sp³-hybridized carbons (Fsp3) is 0.185. The van der Waals surface area contributed by atoms with Crippen molar-refractivity contribution in [1.29, 1.82) is 0 Å². The summed E-state index contributed by atoms with van der Waals surface area (Å²) in [4.78, 5) is 0. The second-order valence-electron chi connectivity index (χ2n) is 7.05. The van der Waals surface area contributed by atoms with Crippen LogP contribution in [0.15, 0.2) is 78.9 Å². The third-order valence-electron chi connectivity index (χ3n) is 4.68. The molecule has 3 aromatic rings. The summed E-state index contributed by atoms with van der Waals surface area (Å²) in [5.41, 5.74) is 1.08. The summed E-state index contributed by atoms with van der Waals surface area (Å²) in [6, 6.07) is 24.3. The van der Waals surface area contributed by atoms with Crippen LogP contribution < -0.4 is 4.74 Å². The number of aliphatic hydroxyl groups is 1. The lowest BCUT2D eigenvalue weighted by atomic mass is 9.87. The van der Waals surface area contributed by atoms with Crippen molar-refractivity contribution in [3.05, 3.63) is 95.6 Å². The summed E-state index contributed by atoms with van der Waals surface area (Å²) in [6.07, 6.45) is 0.599. The van der Waals surface area contributed by atoms with E-state index < -0.39 is 5.60 Å². The summed E-state index contributed by atoms with van der Waals surface area (Å²) < 4.78 is 5.38. The number of methoxy groups -OCH3 is 1. The van der Waals surface area contributed by atoms with E-state index in [1.54, 1.807) is 25.3 Å². The zero-order valence-corrected chi connectivity index (χ0v) is 16.9. The molecule has 0 unspecified atom stereocenters. The lowest BCUT2D eigenvalue weighted by Gasteiger charge is -2.25. The van der Waals surface area contributed by atoms with Crippen LogP contribution in [0.5, 0.6) is 11.5 Å². The Bertz CT molecular complexity index is 1020. The molecule has 30 heavy (non-hydrogen) atoms. The standard InChI is InChI=1S/C27H24O3/c1-30-26-18-8-17-25(28)24(26)21-27(29,19-9-15-22-11-4-2-5-12-22)20-10-16-23-13-6-3-7-14-23/h2-8,11-14,17-18,28-29H,19-21H2,1H3. The molecule has 0 aliphatic rings. The number of benzene rings is 3. The number of phenols is 1. The van der Waals surface area contributed by atoms with Crippen LogP contribution in [-0.2, 0) is 6.42 Å². The van der Waals surface area contributed by atoms with E-state index in [1.165, 1.54) is 0 Å². The van der Waals surface area contributed by atoms with Gasteiger partial charge >= 0.3 is 0 Å². The van der Waals surface area contributed by atoms with Gasteiger partial charge < -0.3 is 14.9 Å². The van der Waals surface area contributed by atoms with Gasteiger partial charge in [0, 0.05) is 36.0 Å². The van der Waals surface area contributed by atoms with Gasteiger partial charge in [-0.05, 0) is 36.4 Å². The van der Waals surface area contributed by atoms with Crippen molar-refractivity contribution in [2.24, 2.45) is 0 Å². The average Bonchev–Trinajstić information content (AvgIpc) is 2.77. The summed E-state index contributed by atoms with van der Waals surface area (Å²) in [6.45, 7) is 0. The molecule has 0 atom stereocenters. The Kier molecular flexibility index (Phi) is 7.17. The number of hydrogen-bond acceptors (Lipinski definition) is 3. The van der Waals surface area contributed by atoms with Gasteiger partial charge in [0.05, 0.1) is 12.7 Å². The maximum Gasteiger partial charge on any atom is 0.125 e. The van der Waals surface area contributed by atoms with E-state index in [2.05, 4.69) is 23.7 Å². The third-order valence-corrected chi connectivity index (χ3v) is 4.68. The molecule has 3 nitrogen and oxygen atoms in total.